The molecule has 1 aromatic carbocycles. The van der Waals surface area contributed by atoms with Crippen LogP contribution in [0.2, 0.25) is 10.0 Å². The highest BCUT2D eigenvalue weighted by molar-refractivity contribution is 6.39. The Labute approximate surface area is 161 Å². The molecule has 0 spiro atoms. The first-order valence-electron chi connectivity index (χ1n) is 8.11. The van der Waals surface area contributed by atoms with Crippen molar-refractivity contribution in [1.29, 1.82) is 0 Å². The molecule has 1 aliphatic carbocycles. The molecule has 1 amide bonds. The first-order valence-corrected chi connectivity index (χ1v) is 8.86. The predicted molar refractivity (Wildman–Crippen MR) is 99.5 cm³/mol. The van der Waals surface area contributed by atoms with Crippen molar-refractivity contribution >= 4 is 34.8 Å². The molecule has 6 nitrogen and oxygen atoms in total. The lowest BCUT2D eigenvalue weighted by Gasteiger charge is -2.17. The summed E-state index contributed by atoms with van der Waals surface area (Å²) in [6.07, 6.45) is 4.35. The van der Waals surface area contributed by atoms with Crippen LogP contribution >= 0.6 is 23.2 Å². The van der Waals surface area contributed by atoms with E-state index < -0.39 is 0 Å². The van der Waals surface area contributed by atoms with Crippen molar-refractivity contribution in [2.75, 3.05) is 12.4 Å². The summed E-state index contributed by atoms with van der Waals surface area (Å²) in [7, 11) is 1.53. The lowest BCUT2D eigenvalue weighted by molar-refractivity contribution is 0.102. The minimum Gasteiger partial charge on any atom is -0.493 e. The number of methoxy groups -OCH3 is 1. The van der Waals surface area contributed by atoms with Crippen molar-refractivity contribution in [2.45, 2.75) is 31.5 Å². The molecule has 26 heavy (non-hydrogen) atoms. The van der Waals surface area contributed by atoms with Gasteiger partial charge in [0.05, 0.1) is 28.9 Å². The fourth-order valence-electron chi connectivity index (χ4n) is 2.83. The van der Waals surface area contributed by atoms with Gasteiger partial charge in [-0.3, -0.25) is 9.78 Å². The van der Waals surface area contributed by atoms with Gasteiger partial charge in [0.15, 0.2) is 11.5 Å². The normalized spacial score (nSPS) is 19.2. The van der Waals surface area contributed by atoms with E-state index in [4.69, 9.17) is 32.7 Å². The van der Waals surface area contributed by atoms with Crippen LogP contribution in [-0.4, -0.2) is 35.3 Å². The highest BCUT2D eigenvalue weighted by Crippen LogP contribution is 2.34. The molecule has 2 N–H and O–H groups in total. The van der Waals surface area contributed by atoms with Gasteiger partial charge in [0, 0.05) is 24.4 Å². The number of anilines is 1. The molecule has 1 heterocycles. The molecule has 0 saturated heterocycles. The third kappa shape index (κ3) is 4.20. The van der Waals surface area contributed by atoms with Crippen LogP contribution in [0, 0.1) is 0 Å². The van der Waals surface area contributed by atoms with E-state index in [0.717, 1.165) is 6.42 Å². The highest BCUT2D eigenvalue weighted by Gasteiger charge is 2.25. The second kappa shape index (κ2) is 8.12. The van der Waals surface area contributed by atoms with Gasteiger partial charge in [-0.1, -0.05) is 23.2 Å². The number of halogens is 2. The lowest BCUT2D eigenvalue weighted by atomic mass is 10.1. The van der Waals surface area contributed by atoms with Gasteiger partial charge in [-0.25, -0.2) is 0 Å². The number of rotatable bonds is 5. The molecule has 2 aromatic rings. The van der Waals surface area contributed by atoms with Crippen LogP contribution in [0.15, 0.2) is 30.6 Å². The summed E-state index contributed by atoms with van der Waals surface area (Å²) in [6.45, 7) is 0. The number of carbonyl (C=O) groups excluding carboxylic acids is 1. The number of hydrogen-bond acceptors (Lipinski definition) is 5. The van der Waals surface area contributed by atoms with Crippen molar-refractivity contribution in [1.82, 2.24) is 4.98 Å². The first-order chi connectivity index (χ1) is 12.5. The smallest absolute Gasteiger partial charge is 0.255 e. The van der Waals surface area contributed by atoms with Gasteiger partial charge < -0.3 is 19.9 Å². The van der Waals surface area contributed by atoms with Crippen LogP contribution < -0.4 is 14.8 Å². The minimum atomic E-state index is -0.390. The number of nitrogens with zero attached hydrogens (tertiary/aromatic N) is 1. The summed E-state index contributed by atoms with van der Waals surface area (Å²) in [5.41, 5.74) is 0.661. The second-order valence-corrected chi connectivity index (χ2v) is 6.82. The molecule has 0 aliphatic heterocycles. The molecule has 1 saturated carbocycles. The Morgan fingerprint density at radius 3 is 2.58 bits per heavy atom. The Bertz CT molecular complexity index is 796. The first kappa shape index (κ1) is 18.8. The van der Waals surface area contributed by atoms with E-state index in [9.17, 15) is 9.90 Å². The fourth-order valence-corrected chi connectivity index (χ4v) is 3.29. The standard InChI is InChI=1S/C18H18Cl2N2O4/c1-25-15-5-2-10(6-16(15)26-12-4-3-11(23)7-12)18(24)22-17-13(19)8-21-9-14(17)20/h2,5-6,8-9,11-12,23H,3-4,7H2,1H3,(H,21,22,24)/t11-,12+/m1/s1. The zero-order valence-electron chi connectivity index (χ0n) is 14.0. The summed E-state index contributed by atoms with van der Waals surface area (Å²) in [5.74, 6) is 0.577. The number of nitrogens with one attached hydrogen (secondary N) is 1. The predicted octanol–water partition coefficient (Wildman–Crippen LogP) is 3.94. The average molecular weight is 397 g/mol. The largest absolute Gasteiger partial charge is 0.493 e. The van der Waals surface area contributed by atoms with E-state index in [0.29, 0.717) is 35.6 Å². The Kier molecular flexibility index (Phi) is 5.86. The number of ether oxygens (including phenoxy) is 2. The number of aliphatic hydroxyl groups is 1. The highest BCUT2D eigenvalue weighted by atomic mass is 35.5. The number of amides is 1. The Balaban J connectivity index is 1.81. The van der Waals surface area contributed by atoms with Crippen molar-refractivity contribution in [3.63, 3.8) is 0 Å². The quantitative estimate of drug-likeness (QED) is 0.799. The Morgan fingerprint density at radius 1 is 1.23 bits per heavy atom. The Hall–Kier alpha value is -2.02. The SMILES string of the molecule is COc1ccc(C(=O)Nc2c(Cl)cncc2Cl)cc1O[C@H]1CC[C@@H](O)C1. The molecule has 0 bridgehead atoms. The molecule has 1 aromatic heterocycles. The third-order valence-corrected chi connectivity index (χ3v) is 4.74. The van der Waals surface area contributed by atoms with Gasteiger partial charge in [-0.15, -0.1) is 0 Å². The topological polar surface area (TPSA) is 80.7 Å². The van der Waals surface area contributed by atoms with Crippen LogP contribution in [0.25, 0.3) is 0 Å². The number of carbonyl (C=O) groups is 1. The van der Waals surface area contributed by atoms with Gasteiger partial charge in [0.2, 0.25) is 0 Å². The monoisotopic (exact) mass is 396 g/mol. The van der Waals surface area contributed by atoms with E-state index in [1.165, 1.54) is 19.5 Å². The van der Waals surface area contributed by atoms with Gasteiger partial charge in [-0.2, -0.15) is 0 Å². The minimum absolute atomic E-state index is 0.110. The second-order valence-electron chi connectivity index (χ2n) is 6.00. The van der Waals surface area contributed by atoms with E-state index in [2.05, 4.69) is 10.3 Å². The maximum atomic E-state index is 12.6. The van der Waals surface area contributed by atoms with Crippen LogP contribution in [0.4, 0.5) is 5.69 Å². The van der Waals surface area contributed by atoms with Gasteiger partial charge in [0.1, 0.15) is 6.10 Å². The van der Waals surface area contributed by atoms with Gasteiger partial charge in [-0.05, 0) is 31.0 Å². The van der Waals surface area contributed by atoms with E-state index >= 15 is 0 Å². The molecule has 1 fully saturated rings. The van der Waals surface area contributed by atoms with Crippen LogP contribution in [0.3, 0.4) is 0 Å². The molecule has 2 atom stereocenters. The fraction of sp³-hybridized carbons (Fsp3) is 0.333. The molecule has 1 aliphatic rings. The average Bonchev–Trinajstić information content (AvgIpc) is 3.03. The molecule has 0 radical (unpaired) electrons. The van der Waals surface area contributed by atoms with Crippen LogP contribution in [0.1, 0.15) is 29.6 Å². The molecule has 0 unspecified atom stereocenters. The zero-order chi connectivity index (χ0) is 18.7. The molecule has 3 rings (SSSR count). The van der Waals surface area contributed by atoms with Crippen LogP contribution in [-0.2, 0) is 0 Å². The summed E-state index contributed by atoms with van der Waals surface area (Å²) >= 11 is 12.1. The van der Waals surface area contributed by atoms with E-state index in [-0.39, 0.29) is 28.2 Å². The maximum absolute atomic E-state index is 12.6. The van der Waals surface area contributed by atoms with Gasteiger partial charge >= 0.3 is 0 Å². The van der Waals surface area contributed by atoms with Gasteiger partial charge in [0.25, 0.3) is 5.91 Å². The van der Waals surface area contributed by atoms with E-state index in [1.54, 1.807) is 18.2 Å². The number of benzene rings is 1. The van der Waals surface area contributed by atoms with Crippen LogP contribution in [0.5, 0.6) is 11.5 Å². The maximum Gasteiger partial charge on any atom is 0.255 e. The third-order valence-electron chi connectivity index (χ3n) is 4.17. The van der Waals surface area contributed by atoms with E-state index in [1.807, 2.05) is 0 Å². The van der Waals surface area contributed by atoms with Crippen molar-refractivity contribution < 1.29 is 19.4 Å². The summed E-state index contributed by atoms with van der Waals surface area (Å²) in [6, 6.07) is 4.88. The number of aromatic nitrogens is 1. The number of hydrogen-bond donors (Lipinski definition) is 2. The number of aliphatic hydroxyl groups excluding tert-OH is 1. The Morgan fingerprint density at radius 2 is 1.96 bits per heavy atom. The summed E-state index contributed by atoms with van der Waals surface area (Å²) < 4.78 is 11.2. The van der Waals surface area contributed by atoms with Crippen molar-refractivity contribution in [3.05, 3.63) is 46.2 Å². The van der Waals surface area contributed by atoms with Crippen molar-refractivity contribution in [2.24, 2.45) is 0 Å². The summed E-state index contributed by atoms with van der Waals surface area (Å²) in [4.78, 5) is 16.4. The molecule has 8 heteroatoms. The number of pyridine rings is 1. The molecular weight excluding hydrogens is 379 g/mol. The molecule has 138 valence electrons. The molecular formula is C18H18Cl2N2O4. The zero-order valence-corrected chi connectivity index (χ0v) is 15.5. The van der Waals surface area contributed by atoms with Crippen molar-refractivity contribution in [3.8, 4) is 11.5 Å². The lowest BCUT2D eigenvalue weighted by Crippen LogP contribution is -2.16. The summed E-state index contributed by atoms with van der Waals surface area (Å²) in [5, 5.41) is 12.8.